The Hall–Kier alpha value is -3.48. The molecule has 0 saturated heterocycles. The highest BCUT2D eigenvalue weighted by molar-refractivity contribution is 6.11. The SMILES string of the molecule is CCN(CC)C(=O)c1cccc(NC(=O)c2nn(CC(C)C)c(=O)c3ccccc23)c1. The molecular formula is C24H28N4O3. The molecule has 0 radical (unpaired) electrons. The summed E-state index contributed by atoms with van der Waals surface area (Å²) in [5, 5.41) is 8.15. The number of carbonyl (C=O) groups is 2. The lowest BCUT2D eigenvalue weighted by atomic mass is 10.1. The van der Waals surface area contributed by atoms with E-state index in [1.807, 2.05) is 27.7 Å². The minimum Gasteiger partial charge on any atom is -0.339 e. The van der Waals surface area contributed by atoms with Crippen molar-refractivity contribution in [1.82, 2.24) is 14.7 Å². The van der Waals surface area contributed by atoms with Crippen LogP contribution in [-0.2, 0) is 6.54 Å². The Bertz CT molecular complexity index is 1160. The molecule has 1 aromatic heterocycles. The van der Waals surface area contributed by atoms with Gasteiger partial charge in [0.1, 0.15) is 0 Å². The van der Waals surface area contributed by atoms with Gasteiger partial charge in [0.2, 0.25) is 0 Å². The number of carbonyl (C=O) groups excluding carboxylic acids is 2. The highest BCUT2D eigenvalue weighted by Crippen LogP contribution is 2.18. The average Bonchev–Trinajstić information content (AvgIpc) is 2.76. The predicted molar refractivity (Wildman–Crippen MR) is 122 cm³/mol. The van der Waals surface area contributed by atoms with Crippen molar-refractivity contribution in [3.05, 3.63) is 70.1 Å². The average molecular weight is 421 g/mol. The van der Waals surface area contributed by atoms with E-state index in [9.17, 15) is 14.4 Å². The fourth-order valence-electron chi connectivity index (χ4n) is 3.49. The van der Waals surface area contributed by atoms with Crippen molar-refractivity contribution in [2.75, 3.05) is 18.4 Å². The van der Waals surface area contributed by atoms with E-state index < -0.39 is 5.91 Å². The van der Waals surface area contributed by atoms with E-state index in [1.165, 1.54) is 4.68 Å². The van der Waals surface area contributed by atoms with E-state index in [1.54, 1.807) is 53.4 Å². The van der Waals surface area contributed by atoms with Crippen LogP contribution in [0.3, 0.4) is 0 Å². The maximum Gasteiger partial charge on any atom is 0.276 e. The molecule has 0 atom stereocenters. The maximum atomic E-state index is 13.1. The Morgan fingerprint density at radius 3 is 2.35 bits per heavy atom. The molecule has 162 valence electrons. The minimum atomic E-state index is -0.429. The molecule has 0 saturated carbocycles. The summed E-state index contributed by atoms with van der Waals surface area (Å²) in [5.41, 5.74) is 0.962. The van der Waals surface area contributed by atoms with Gasteiger partial charge in [0.05, 0.1) is 5.39 Å². The first-order valence-corrected chi connectivity index (χ1v) is 10.6. The van der Waals surface area contributed by atoms with Crippen LogP contribution in [0, 0.1) is 5.92 Å². The summed E-state index contributed by atoms with van der Waals surface area (Å²) < 4.78 is 1.35. The highest BCUT2D eigenvalue weighted by Gasteiger charge is 2.18. The smallest absolute Gasteiger partial charge is 0.276 e. The standard InChI is InChI=1S/C24H28N4O3/c1-5-27(6-2)23(30)17-10-9-11-18(14-17)25-22(29)21-19-12-7-8-13-20(19)24(31)28(26-21)15-16(3)4/h7-14,16H,5-6,15H2,1-4H3,(H,25,29). The van der Waals surface area contributed by atoms with Crippen molar-refractivity contribution in [2.24, 2.45) is 5.92 Å². The van der Waals surface area contributed by atoms with Gasteiger partial charge in [0, 0.05) is 36.3 Å². The Morgan fingerprint density at radius 1 is 1.03 bits per heavy atom. The number of aromatic nitrogens is 2. The summed E-state index contributed by atoms with van der Waals surface area (Å²) in [7, 11) is 0. The predicted octanol–water partition coefficient (Wildman–Crippen LogP) is 3.79. The second-order valence-corrected chi connectivity index (χ2v) is 7.79. The molecule has 7 heteroatoms. The van der Waals surface area contributed by atoms with Gasteiger partial charge in [-0.2, -0.15) is 5.10 Å². The Balaban J connectivity index is 1.97. The van der Waals surface area contributed by atoms with Gasteiger partial charge in [0.25, 0.3) is 17.4 Å². The van der Waals surface area contributed by atoms with Crippen molar-refractivity contribution in [3.63, 3.8) is 0 Å². The fourth-order valence-corrected chi connectivity index (χ4v) is 3.49. The van der Waals surface area contributed by atoms with E-state index in [0.717, 1.165) is 0 Å². The quantitative estimate of drug-likeness (QED) is 0.630. The molecule has 3 aromatic rings. The van der Waals surface area contributed by atoms with Crippen LogP contribution in [0.15, 0.2) is 53.3 Å². The number of amides is 2. The fraction of sp³-hybridized carbons (Fsp3) is 0.333. The molecule has 1 N–H and O–H groups in total. The summed E-state index contributed by atoms with van der Waals surface area (Å²) in [4.78, 5) is 40.2. The lowest BCUT2D eigenvalue weighted by molar-refractivity contribution is 0.0772. The molecule has 2 aromatic carbocycles. The highest BCUT2D eigenvalue weighted by atomic mass is 16.2. The number of hydrogen-bond donors (Lipinski definition) is 1. The number of nitrogens with zero attached hydrogens (tertiary/aromatic N) is 3. The van der Waals surface area contributed by atoms with Crippen LogP contribution < -0.4 is 10.9 Å². The number of anilines is 1. The van der Waals surface area contributed by atoms with Gasteiger partial charge in [-0.1, -0.05) is 38.1 Å². The lowest BCUT2D eigenvalue weighted by Gasteiger charge is -2.19. The Morgan fingerprint density at radius 2 is 1.71 bits per heavy atom. The van der Waals surface area contributed by atoms with E-state index in [-0.39, 0.29) is 23.1 Å². The third-order valence-electron chi connectivity index (χ3n) is 5.04. The van der Waals surface area contributed by atoms with Crippen molar-refractivity contribution in [2.45, 2.75) is 34.2 Å². The van der Waals surface area contributed by atoms with Gasteiger partial charge < -0.3 is 10.2 Å². The molecule has 7 nitrogen and oxygen atoms in total. The van der Waals surface area contributed by atoms with E-state index in [2.05, 4.69) is 10.4 Å². The maximum absolute atomic E-state index is 13.1. The molecule has 0 aliphatic heterocycles. The zero-order valence-electron chi connectivity index (χ0n) is 18.4. The summed E-state index contributed by atoms with van der Waals surface area (Å²) in [5.74, 6) is -0.318. The van der Waals surface area contributed by atoms with Gasteiger partial charge >= 0.3 is 0 Å². The van der Waals surface area contributed by atoms with Crippen LogP contribution in [0.4, 0.5) is 5.69 Å². The normalized spacial score (nSPS) is 11.0. The number of benzene rings is 2. The lowest BCUT2D eigenvalue weighted by Crippen LogP contribution is -2.30. The van der Waals surface area contributed by atoms with Crippen LogP contribution in [-0.4, -0.2) is 39.6 Å². The monoisotopic (exact) mass is 420 g/mol. The van der Waals surface area contributed by atoms with Gasteiger partial charge in [-0.25, -0.2) is 4.68 Å². The van der Waals surface area contributed by atoms with Crippen LogP contribution >= 0.6 is 0 Å². The third kappa shape index (κ3) is 4.82. The number of rotatable bonds is 7. The molecule has 0 aliphatic rings. The Kier molecular flexibility index (Phi) is 6.84. The summed E-state index contributed by atoms with van der Waals surface area (Å²) in [6, 6.07) is 13.8. The van der Waals surface area contributed by atoms with E-state index >= 15 is 0 Å². The topological polar surface area (TPSA) is 84.3 Å². The van der Waals surface area contributed by atoms with Crippen molar-refractivity contribution < 1.29 is 9.59 Å². The molecule has 0 aliphatic carbocycles. The summed E-state index contributed by atoms with van der Waals surface area (Å²) in [6.45, 7) is 9.46. The van der Waals surface area contributed by atoms with Gasteiger partial charge in [-0.3, -0.25) is 14.4 Å². The van der Waals surface area contributed by atoms with Crippen LogP contribution in [0.2, 0.25) is 0 Å². The van der Waals surface area contributed by atoms with E-state index in [4.69, 9.17) is 0 Å². The van der Waals surface area contributed by atoms with Crippen molar-refractivity contribution in [1.29, 1.82) is 0 Å². The molecule has 31 heavy (non-hydrogen) atoms. The molecule has 3 rings (SSSR count). The van der Waals surface area contributed by atoms with Crippen LogP contribution in [0.5, 0.6) is 0 Å². The second kappa shape index (κ2) is 9.55. The third-order valence-corrected chi connectivity index (χ3v) is 5.04. The Labute approximate surface area is 181 Å². The first-order chi connectivity index (χ1) is 14.8. The number of nitrogens with one attached hydrogen (secondary N) is 1. The molecule has 2 amide bonds. The van der Waals surface area contributed by atoms with Crippen molar-refractivity contribution in [3.8, 4) is 0 Å². The zero-order chi connectivity index (χ0) is 22.5. The molecule has 0 bridgehead atoms. The molecule has 0 unspecified atom stereocenters. The largest absolute Gasteiger partial charge is 0.339 e. The van der Waals surface area contributed by atoms with Gasteiger partial charge in [-0.15, -0.1) is 0 Å². The first kappa shape index (κ1) is 22.2. The zero-order valence-corrected chi connectivity index (χ0v) is 18.4. The summed E-state index contributed by atoms with van der Waals surface area (Å²) >= 11 is 0. The van der Waals surface area contributed by atoms with Gasteiger partial charge in [-0.05, 0) is 44.0 Å². The number of hydrogen-bond acceptors (Lipinski definition) is 4. The van der Waals surface area contributed by atoms with Crippen LogP contribution in [0.25, 0.3) is 10.8 Å². The van der Waals surface area contributed by atoms with E-state index in [0.29, 0.717) is 41.7 Å². The first-order valence-electron chi connectivity index (χ1n) is 10.6. The molecular weight excluding hydrogens is 392 g/mol. The van der Waals surface area contributed by atoms with Gasteiger partial charge in [0.15, 0.2) is 5.69 Å². The van der Waals surface area contributed by atoms with Crippen molar-refractivity contribution >= 4 is 28.3 Å². The summed E-state index contributed by atoms with van der Waals surface area (Å²) in [6.07, 6.45) is 0. The molecule has 1 heterocycles. The molecule has 0 fully saturated rings. The molecule has 0 spiro atoms. The minimum absolute atomic E-state index is 0.0878. The second-order valence-electron chi connectivity index (χ2n) is 7.79. The van der Waals surface area contributed by atoms with Crippen LogP contribution in [0.1, 0.15) is 48.5 Å². The number of fused-ring (bicyclic) bond motifs is 1.